The predicted molar refractivity (Wildman–Crippen MR) is 74.6 cm³/mol. The number of rotatable bonds is 2. The van der Waals surface area contributed by atoms with Crippen LogP contribution < -0.4 is 11.2 Å². The van der Waals surface area contributed by atoms with Crippen molar-refractivity contribution in [3.8, 4) is 0 Å². The molecule has 0 aliphatic carbocycles. The smallest absolute Gasteiger partial charge is 0.295 e. The summed E-state index contributed by atoms with van der Waals surface area (Å²) in [6.45, 7) is 0.0994. The maximum absolute atomic E-state index is 13.1. The number of benzene rings is 1. The molecule has 1 aromatic carbocycles. The van der Waals surface area contributed by atoms with Gasteiger partial charge in [0.2, 0.25) is 0 Å². The second-order valence-corrected chi connectivity index (χ2v) is 5.17. The van der Waals surface area contributed by atoms with Crippen LogP contribution in [0.4, 0.5) is 4.39 Å². The average molecular weight is 381 g/mol. The Balaban J connectivity index is 2.46. The Morgan fingerprint density at radius 1 is 1.39 bits per heavy atom. The molecule has 0 saturated heterocycles. The number of aromatic nitrogens is 2. The molecule has 7 heteroatoms. The monoisotopic (exact) mass is 380 g/mol. The van der Waals surface area contributed by atoms with E-state index in [9.17, 15) is 14.0 Å². The van der Waals surface area contributed by atoms with Crippen molar-refractivity contribution >= 4 is 34.2 Å². The van der Waals surface area contributed by atoms with Gasteiger partial charge in [-0.25, -0.2) is 9.18 Å². The Kier molecular flexibility index (Phi) is 3.86. The van der Waals surface area contributed by atoms with Crippen molar-refractivity contribution in [1.29, 1.82) is 0 Å². The largest absolute Gasteiger partial charge is 0.328 e. The van der Waals surface area contributed by atoms with E-state index in [-0.39, 0.29) is 6.54 Å². The van der Waals surface area contributed by atoms with Gasteiger partial charge in [-0.15, -0.1) is 0 Å². The van der Waals surface area contributed by atoms with Crippen LogP contribution in [0.2, 0.25) is 5.02 Å². The van der Waals surface area contributed by atoms with Crippen LogP contribution in [0.3, 0.4) is 0 Å². The highest BCUT2D eigenvalue weighted by atomic mass is 127. The predicted octanol–water partition coefficient (Wildman–Crippen LogP) is 1.98. The lowest BCUT2D eigenvalue weighted by Crippen LogP contribution is -2.31. The van der Waals surface area contributed by atoms with E-state index in [1.807, 2.05) is 22.6 Å². The van der Waals surface area contributed by atoms with E-state index in [1.165, 1.54) is 29.0 Å². The number of H-pyrrole nitrogens is 1. The molecule has 1 heterocycles. The Hall–Kier alpha value is -1.15. The van der Waals surface area contributed by atoms with Gasteiger partial charge in [0.1, 0.15) is 5.82 Å². The van der Waals surface area contributed by atoms with Gasteiger partial charge in [-0.3, -0.25) is 14.3 Å². The summed E-state index contributed by atoms with van der Waals surface area (Å²) in [6.07, 6.45) is 1.41. The van der Waals surface area contributed by atoms with Gasteiger partial charge in [-0.2, -0.15) is 0 Å². The fourth-order valence-electron chi connectivity index (χ4n) is 1.45. The standard InChI is InChI=1S/C11H7ClFIN2O2/c12-8-2-1-7(13)3-6(8)4-16-5-9(14)10(17)15-11(16)18/h1-3,5H,4H2,(H,15,17,18). The third kappa shape index (κ3) is 2.81. The van der Waals surface area contributed by atoms with Gasteiger partial charge in [-0.05, 0) is 46.4 Å². The van der Waals surface area contributed by atoms with Crippen LogP contribution in [0.25, 0.3) is 0 Å². The fourth-order valence-corrected chi connectivity index (χ4v) is 2.10. The fraction of sp³-hybridized carbons (Fsp3) is 0.0909. The zero-order valence-corrected chi connectivity index (χ0v) is 11.8. The van der Waals surface area contributed by atoms with Crippen molar-refractivity contribution in [3.63, 3.8) is 0 Å². The van der Waals surface area contributed by atoms with E-state index in [0.29, 0.717) is 14.2 Å². The van der Waals surface area contributed by atoms with Crippen LogP contribution >= 0.6 is 34.2 Å². The summed E-state index contributed by atoms with van der Waals surface area (Å²) in [6, 6.07) is 3.92. The lowest BCUT2D eigenvalue weighted by Gasteiger charge is -2.07. The molecule has 0 atom stereocenters. The first-order valence-electron chi connectivity index (χ1n) is 4.90. The van der Waals surface area contributed by atoms with Crippen molar-refractivity contribution in [2.45, 2.75) is 6.54 Å². The molecule has 0 radical (unpaired) electrons. The quantitative estimate of drug-likeness (QED) is 0.810. The highest BCUT2D eigenvalue weighted by molar-refractivity contribution is 14.1. The van der Waals surface area contributed by atoms with Crippen LogP contribution in [-0.4, -0.2) is 9.55 Å². The molecule has 2 aromatic rings. The summed E-state index contributed by atoms with van der Waals surface area (Å²) in [5, 5.41) is 0.365. The van der Waals surface area contributed by atoms with Crippen molar-refractivity contribution in [2.24, 2.45) is 0 Å². The van der Waals surface area contributed by atoms with E-state index in [1.54, 1.807) is 0 Å². The first-order valence-corrected chi connectivity index (χ1v) is 6.36. The maximum atomic E-state index is 13.1. The second kappa shape index (κ2) is 5.23. The first-order chi connectivity index (χ1) is 8.47. The molecule has 1 N–H and O–H groups in total. The third-order valence-electron chi connectivity index (χ3n) is 2.32. The highest BCUT2D eigenvalue weighted by Gasteiger charge is 2.06. The third-order valence-corrected chi connectivity index (χ3v) is 3.45. The highest BCUT2D eigenvalue weighted by Crippen LogP contribution is 2.17. The van der Waals surface area contributed by atoms with Crippen LogP contribution in [0.5, 0.6) is 0 Å². The van der Waals surface area contributed by atoms with E-state index in [2.05, 4.69) is 4.98 Å². The molecule has 94 valence electrons. The minimum atomic E-state index is -0.555. The zero-order chi connectivity index (χ0) is 13.3. The molecular weight excluding hydrogens is 373 g/mol. The summed E-state index contributed by atoms with van der Waals surface area (Å²) >= 11 is 7.73. The van der Waals surface area contributed by atoms with E-state index >= 15 is 0 Å². The van der Waals surface area contributed by atoms with Crippen molar-refractivity contribution in [3.05, 3.63) is 65.2 Å². The Bertz CT molecular complexity index is 711. The summed E-state index contributed by atoms with van der Waals surface area (Å²) in [4.78, 5) is 24.9. The number of aromatic amines is 1. The molecular formula is C11H7ClFIN2O2. The molecule has 18 heavy (non-hydrogen) atoms. The molecule has 0 aliphatic rings. The summed E-state index contributed by atoms with van der Waals surface area (Å²) in [5.41, 5.74) is -0.524. The molecule has 1 aromatic heterocycles. The maximum Gasteiger partial charge on any atom is 0.328 e. The SMILES string of the molecule is O=c1[nH]c(=O)n(Cc2cc(F)ccc2Cl)cc1I. The van der Waals surface area contributed by atoms with E-state index < -0.39 is 17.1 Å². The number of hydrogen-bond donors (Lipinski definition) is 1. The number of nitrogens with one attached hydrogen (secondary N) is 1. The van der Waals surface area contributed by atoms with Gasteiger partial charge in [-0.1, -0.05) is 11.6 Å². The van der Waals surface area contributed by atoms with E-state index in [0.717, 1.165) is 0 Å². The minimum absolute atomic E-state index is 0.0994. The summed E-state index contributed by atoms with van der Waals surface area (Å²) in [7, 11) is 0. The second-order valence-electron chi connectivity index (χ2n) is 3.60. The first kappa shape index (κ1) is 13.3. The van der Waals surface area contributed by atoms with Gasteiger partial charge in [0.25, 0.3) is 5.56 Å². The lowest BCUT2D eigenvalue weighted by atomic mass is 10.2. The topological polar surface area (TPSA) is 54.9 Å². The van der Waals surface area contributed by atoms with Gasteiger partial charge < -0.3 is 0 Å². The van der Waals surface area contributed by atoms with Crippen LogP contribution in [0.1, 0.15) is 5.56 Å². The summed E-state index contributed by atoms with van der Waals surface area (Å²) in [5.74, 6) is -0.429. The molecule has 0 aliphatic heterocycles. The van der Waals surface area contributed by atoms with Gasteiger partial charge in [0, 0.05) is 11.2 Å². The number of nitrogens with zero attached hydrogens (tertiary/aromatic N) is 1. The Morgan fingerprint density at radius 2 is 2.11 bits per heavy atom. The number of hydrogen-bond acceptors (Lipinski definition) is 2. The van der Waals surface area contributed by atoms with Gasteiger partial charge in [0.05, 0.1) is 10.1 Å². The van der Waals surface area contributed by atoms with Crippen LogP contribution in [0, 0.1) is 9.39 Å². The number of halogens is 3. The minimum Gasteiger partial charge on any atom is -0.295 e. The molecule has 0 fully saturated rings. The van der Waals surface area contributed by atoms with Crippen LogP contribution in [-0.2, 0) is 6.54 Å². The lowest BCUT2D eigenvalue weighted by molar-refractivity contribution is 0.621. The van der Waals surface area contributed by atoms with Gasteiger partial charge >= 0.3 is 5.69 Å². The normalized spacial score (nSPS) is 10.6. The molecule has 0 saturated carbocycles. The Morgan fingerprint density at radius 3 is 2.83 bits per heavy atom. The van der Waals surface area contributed by atoms with E-state index in [4.69, 9.17) is 11.6 Å². The molecule has 0 unspecified atom stereocenters. The molecule has 0 bridgehead atoms. The molecule has 0 amide bonds. The molecule has 4 nitrogen and oxygen atoms in total. The van der Waals surface area contributed by atoms with Crippen LogP contribution in [0.15, 0.2) is 34.0 Å². The Labute approximate surface area is 120 Å². The van der Waals surface area contributed by atoms with Gasteiger partial charge in [0.15, 0.2) is 0 Å². The van der Waals surface area contributed by atoms with Crippen molar-refractivity contribution < 1.29 is 4.39 Å². The summed E-state index contributed by atoms with van der Waals surface area (Å²) < 4.78 is 14.7. The zero-order valence-electron chi connectivity index (χ0n) is 8.91. The average Bonchev–Trinajstić information content (AvgIpc) is 2.30. The molecule has 2 rings (SSSR count). The molecule has 0 spiro atoms. The van der Waals surface area contributed by atoms with Crippen molar-refractivity contribution in [1.82, 2.24) is 9.55 Å². The van der Waals surface area contributed by atoms with Crippen molar-refractivity contribution in [2.75, 3.05) is 0 Å².